The van der Waals surface area contributed by atoms with Crippen LogP contribution in [0.4, 0.5) is 18.9 Å². The number of hydrogen-bond acceptors (Lipinski definition) is 3. The fourth-order valence-corrected chi connectivity index (χ4v) is 2.68. The fourth-order valence-electron chi connectivity index (χ4n) is 2.22. The third-order valence-corrected chi connectivity index (χ3v) is 4.29. The maximum Gasteiger partial charge on any atom is 0.401 e. The van der Waals surface area contributed by atoms with Crippen molar-refractivity contribution in [1.29, 1.82) is 0 Å². The lowest BCUT2D eigenvalue weighted by Crippen LogP contribution is -2.43. The largest absolute Gasteiger partial charge is 0.401 e. The van der Waals surface area contributed by atoms with E-state index in [4.69, 9.17) is 11.6 Å². The maximum absolute atomic E-state index is 12.3. The van der Waals surface area contributed by atoms with Gasteiger partial charge in [0.25, 0.3) is 0 Å². The quantitative estimate of drug-likeness (QED) is 0.815. The van der Waals surface area contributed by atoms with Gasteiger partial charge in [-0.05, 0) is 34.8 Å². The van der Waals surface area contributed by atoms with Crippen LogP contribution in [0.5, 0.6) is 0 Å². The van der Waals surface area contributed by atoms with Gasteiger partial charge in [0.1, 0.15) is 5.15 Å². The third-order valence-electron chi connectivity index (χ3n) is 3.16. The number of pyridine rings is 1. The first-order valence-electron chi connectivity index (χ1n) is 6.20. The van der Waals surface area contributed by atoms with Crippen molar-refractivity contribution < 1.29 is 13.2 Å². The molecule has 1 aromatic rings. The van der Waals surface area contributed by atoms with Crippen LogP contribution in [0.15, 0.2) is 16.7 Å². The Morgan fingerprint density at radius 2 is 2.05 bits per heavy atom. The van der Waals surface area contributed by atoms with Crippen LogP contribution in [0.25, 0.3) is 0 Å². The number of likely N-dealkylation sites (tertiary alicyclic amines) is 1. The van der Waals surface area contributed by atoms with Crippen LogP contribution in [0.2, 0.25) is 5.15 Å². The van der Waals surface area contributed by atoms with Gasteiger partial charge in [-0.3, -0.25) is 4.90 Å². The van der Waals surface area contributed by atoms with Crippen molar-refractivity contribution in [2.75, 3.05) is 25.0 Å². The Morgan fingerprint density at radius 3 is 2.60 bits per heavy atom. The molecule has 1 aliphatic heterocycles. The van der Waals surface area contributed by atoms with Crippen LogP contribution in [-0.2, 0) is 0 Å². The summed E-state index contributed by atoms with van der Waals surface area (Å²) < 4.78 is 37.5. The second-order valence-electron chi connectivity index (χ2n) is 4.81. The molecule has 2 heterocycles. The zero-order chi connectivity index (χ0) is 14.8. The molecule has 0 aromatic carbocycles. The van der Waals surface area contributed by atoms with Crippen LogP contribution in [0.3, 0.4) is 0 Å². The van der Waals surface area contributed by atoms with E-state index in [1.165, 1.54) is 4.90 Å². The second kappa shape index (κ2) is 6.49. The Labute approximate surface area is 128 Å². The first-order valence-corrected chi connectivity index (χ1v) is 7.37. The van der Waals surface area contributed by atoms with Gasteiger partial charge in [-0.25, -0.2) is 4.98 Å². The second-order valence-corrected chi connectivity index (χ2v) is 6.02. The van der Waals surface area contributed by atoms with E-state index in [1.807, 2.05) is 6.07 Å². The topological polar surface area (TPSA) is 28.2 Å². The SMILES string of the molecule is FC(F)(F)CN1CCC(Nc2cnc(Cl)c(Br)c2)CC1. The number of anilines is 1. The first-order chi connectivity index (χ1) is 9.33. The summed E-state index contributed by atoms with van der Waals surface area (Å²) in [6, 6.07) is 1.98. The normalized spacial score (nSPS) is 18.2. The number of hydrogen-bond donors (Lipinski definition) is 1. The number of nitrogens with zero attached hydrogens (tertiary/aromatic N) is 2. The molecule has 20 heavy (non-hydrogen) atoms. The summed E-state index contributed by atoms with van der Waals surface area (Å²) in [5.74, 6) is 0. The van der Waals surface area contributed by atoms with Crippen LogP contribution in [0, 0.1) is 0 Å². The lowest BCUT2D eigenvalue weighted by Gasteiger charge is -2.33. The van der Waals surface area contributed by atoms with Crippen LogP contribution >= 0.6 is 27.5 Å². The average molecular weight is 373 g/mol. The molecule has 0 atom stereocenters. The monoisotopic (exact) mass is 371 g/mol. The van der Waals surface area contributed by atoms with E-state index < -0.39 is 12.7 Å². The molecule has 2 rings (SSSR count). The molecule has 112 valence electrons. The summed E-state index contributed by atoms with van der Waals surface area (Å²) in [7, 11) is 0. The van der Waals surface area contributed by atoms with Crippen LogP contribution < -0.4 is 5.32 Å². The Morgan fingerprint density at radius 1 is 1.40 bits per heavy atom. The summed E-state index contributed by atoms with van der Waals surface area (Å²) >= 11 is 9.09. The molecule has 0 saturated carbocycles. The minimum absolute atomic E-state index is 0.161. The molecule has 0 radical (unpaired) electrons. The van der Waals surface area contributed by atoms with Gasteiger partial charge in [-0.1, -0.05) is 11.6 Å². The van der Waals surface area contributed by atoms with E-state index in [0.29, 0.717) is 35.6 Å². The van der Waals surface area contributed by atoms with Crippen molar-refractivity contribution in [3.8, 4) is 0 Å². The van der Waals surface area contributed by atoms with Crippen molar-refractivity contribution in [1.82, 2.24) is 9.88 Å². The predicted octanol–water partition coefficient (Wildman–Crippen LogP) is 3.94. The van der Waals surface area contributed by atoms with E-state index in [1.54, 1.807) is 6.20 Å². The number of piperidine rings is 1. The first kappa shape index (κ1) is 15.9. The maximum atomic E-state index is 12.3. The number of aromatic nitrogens is 1. The highest BCUT2D eigenvalue weighted by atomic mass is 79.9. The van der Waals surface area contributed by atoms with Crippen molar-refractivity contribution in [2.45, 2.75) is 25.1 Å². The summed E-state index contributed by atoms with van der Waals surface area (Å²) in [6.45, 7) is 0.0620. The van der Waals surface area contributed by atoms with Gasteiger partial charge in [0, 0.05) is 19.1 Å². The third kappa shape index (κ3) is 4.79. The van der Waals surface area contributed by atoms with Gasteiger partial charge in [0.15, 0.2) is 0 Å². The Balaban J connectivity index is 1.83. The molecule has 1 aliphatic rings. The molecule has 0 amide bonds. The molecule has 1 fully saturated rings. The van der Waals surface area contributed by atoms with Gasteiger partial charge >= 0.3 is 6.18 Å². The molecule has 0 aliphatic carbocycles. The van der Waals surface area contributed by atoms with E-state index in [9.17, 15) is 13.2 Å². The fraction of sp³-hybridized carbons (Fsp3) is 0.583. The number of rotatable bonds is 3. The molecular formula is C12H14BrClF3N3. The van der Waals surface area contributed by atoms with Crippen molar-refractivity contribution in [3.63, 3.8) is 0 Å². The van der Waals surface area contributed by atoms with Crippen molar-refractivity contribution in [3.05, 3.63) is 21.9 Å². The Hall–Kier alpha value is -0.530. The lowest BCUT2D eigenvalue weighted by molar-refractivity contribution is -0.147. The van der Waals surface area contributed by atoms with Gasteiger partial charge < -0.3 is 5.32 Å². The van der Waals surface area contributed by atoms with E-state index in [0.717, 1.165) is 5.69 Å². The van der Waals surface area contributed by atoms with E-state index in [-0.39, 0.29) is 6.04 Å². The molecule has 1 aromatic heterocycles. The standard InChI is InChI=1S/C12H14BrClF3N3/c13-10-5-9(6-18-11(10)14)19-8-1-3-20(4-2-8)7-12(15,16)17/h5-6,8,19H,1-4,7H2. The van der Waals surface area contributed by atoms with Gasteiger partial charge in [-0.15, -0.1) is 0 Å². The lowest BCUT2D eigenvalue weighted by atomic mass is 10.0. The number of nitrogens with one attached hydrogen (secondary N) is 1. The molecule has 1 N–H and O–H groups in total. The summed E-state index contributed by atoms with van der Waals surface area (Å²) in [5.41, 5.74) is 0.815. The van der Waals surface area contributed by atoms with Crippen molar-refractivity contribution >= 4 is 33.2 Å². The van der Waals surface area contributed by atoms with Gasteiger partial charge in [0.2, 0.25) is 0 Å². The molecular weight excluding hydrogens is 359 g/mol. The van der Waals surface area contributed by atoms with Gasteiger partial charge in [0.05, 0.1) is 22.9 Å². The highest BCUT2D eigenvalue weighted by Crippen LogP contribution is 2.25. The van der Waals surface area contributed by atoms with Crippen LogP contribution in [-0.4, -0.2) is 41.7 Å². The zero-order valence-electron chi connectivity index (χ0n) is 10.6. The number of halogens is 5. The Bertz CT molecular complexity index is 462. The predicted molar refractivity (Wildman–Crippen MR) is 76.1 cm³/mol. The smallest absolute Gasteiger partial charge is 0.381 e. The molecule has 0 bridgehead atoms. The molecule has 0 unspecified atom stereocenters. The summed E-state index contributed by atoms with van der Waals surface area (Å²) in [4.78, 5) is 5.44. The molecule has 0 spiro atoms. The number of alkyl halides is 3. The molecule has 3 nitrogen and oxygen atoms in total. The zero-order valence-corrected chi connectivity index (χ0v) is 12.9. The highest BCUT2D eigenvalue weighted by Gasteiger charge is 2.32. The van der Waals surface area contributed by atoms with E-state index >= 15 is 0 Å². The Kier molecular flexibility index (Phi) is 5.14. The van der Waals surface area contributed by atoms with Crippen LogP contribution in [0.1, 0.15) is 12.8 Å². The minimum atomic E-state index is -4.12. The molecule has 1 saturated heterocycles. The highest BCUT2D eigenvalue weighted by molar-refractivity contribution is 9.10. The van der Waals surface area contributed by atoms with Crippen molar-refractivity contribution in [2.24, 2.45) is 0 Å². The van der Waals surface area contributed by atoms with Gasteiger partial charge in [-0.2, -0.15) is 13.2 Å². The summed E-state index contributed by atoms with van der Waals surface area (Å²) in [6.07, 6.45) is -1.15. The average Bonchev–Trinajstić information content (AvgIpc) is 2.35. The van der Waals surface area contributed by atoms with E-state index in [2.05, 4.69) is 26.2 Å². The molecule has 8 heteroatoms. The summed E-state index contributed by atoms with van der Waals surface area (Å²) in [5, 5.41) is 3.66. The minimum Gasteiger partial charge on any atom is -0.381 e.